The van der Waals surface area contributed by atoms with Crippen molar-refractivity contribution in [3.63, 3.8) is 0 Å². The Hall–Kier alpha value is -3.35. The fourth-order valence-electron chi connectivity index (χ4n) is 5.46. The molecular formula is C28H34N2O5. The lowest BCUT2D eigenvalue weighted by Crippen LogP contribution is -2.61. The number of hydrogen-bond acceptors (Lipinski definition) is 4. The SMILES string of the molecule is CN(C(=O)[C@@H](NC(=O)OCC1c2ccccc2-c2ccccc21)C(C)(C)C)C1(C(=O)O)CCCC1. The summed E-state index contributed by atoms with van der Waals surface area (Å²) in [6, 6.07) is 15.2. The van der Waals surface area contributed by atoms with Crippen molar-refractivity contribution in [2.24, 2.45) is 5.41 Å². The fraction of sp³-hybridized carbons (Fsp3) is 0.464. The predicted octanol–water partition coefficient (Wildman–Crippen LogP) is 4.80. The van der Waals surface area contributed by atoms with Crippen LogP contribution in [0.1, 0.15) is 63.5 Å². The number of amides is 2. The first-order valence-corrected chi connectivity index (χ1v) is 12.2. The smallest absolute Gasteiger partial charge is 0.407 e. The van der Waals surface area contributed by atoms with Crippen molar-refractivity contribution in [1.29, 1.82) is 0 Å². The second kappa shape index (κ2) is 9.36. The van der Waals surface area contributed by atoms with Crippen LogP contribution in [-0.2, 0) is 14.3 Å². The lowest BCUT2D eigenvalue weighted by atomic mass is 9.84. The number of rotatable bonds is 6. The van der Waals surface area contributed by atoms with Gasteiger partial charge in [-0.25, -0.2) is 9.59 Å². The van der Waals surface area contributed by atoms with E-state index in [0.717, 1.165) is 35.1 Å². The van der Waals surface area contributed by atoms with Crippen LogP contribution >= 0.6 is 0 Å². The normalized spacial score (nSPS) is 17.3. The number of carbonyl (C=O) groups is 3. The Labute approximate surface area is 206 Å². The quantitative estimate of drug-likeness (QED) is 0.622. The molecule has 7 nitrogen and oxygen atoms in total. The Morgan fingerprint density at radius 1 is 1.03 bits per heavy atom. The highest BCUT2D eigenvalue weighted by atomic mass is 16.5. The molecule has 0 aliphatic heterocycles. The molecule has 0 saturated heterocycles. The highest BCUT2D eigenvalue weighted by Crippen LogP contribution is 2.44. The number of fused-ring (bicyclic) bond motifs is 3. The Bertz CT molecular complexity index is 1080. The van der Waals surface area contributed by atoms with Crippen LogP contribution in [0.5, 0.6) is 0 Å². The van der Waals surface area contributed by atoms with Gasteiger partial charge in [0.1, 0.15) is 18.2 Å². The zero-order valence-corrected chi connectivity index (χ0v) is 20.8. The largest absolute Gasteiger partial charge is 0.479 e. The van der Waals surface area contributed by atoms with E-state index in [2.05, 4.69) is 17.4 Å². The van der Waals surface area contributed by atoms with E-state index in [1.54, 1.807) is 0 Å². The maximum absolute atomic E-state index is 13.5. The average molecular weight is 479 g/mol. The van der Waals surface area contributed by atoms with Crippen LogP contribution in [0.15, 0.2) is 48.5 Å². The molecule has 2 N–H and O–H groups in total. The van der Waals surface area contributed by atoms with Crippen LogP contribution in [0.4, 0.5) is 4.79 Å². The number of aliphatic carboxylic acids is 1. The molecule has 0 aromatic heterocycles. The van der Waals surface area contributed by atoms with Gasteiger partial charge in [-0.3, -0.25) is 4.79 Å². The number of nitrogens with one attached hydrogen (secondary N) is 1. The summed E-state index contributed by atoms with van der Waals surface area (Å²) >= 11 is 0. The molecule has 2 aromatic carbocycles. The topological polar surface area (TPSA) is 95.9 Å². The van der Waals surface area contributed by atoms with E-state index in [9.17, 15) is 19.5 Å². The van der Waals surface area contributed by atoms with Crippen molar-refractivity contribution in [2.45, 2.75) is 64.0 Å². The number of ether oxygens (including phenoxy) is 1. The molecule has 186 valence electrons. The lowest BCUT2D eigenvalue weighted by Gasteiger charge is -2.40. The van der Waals surface area contributed by atoms with Crippen LogP contribution in [0.25, 0.3) is 11.1 Å². The summed E-state index contributed by atoms with van der Waals surface area (Å²) in [6.07, 6.45) is 1.64. The highest BCUT2D eigenvalue weighted by molar-refractivity contribution is 5.92. The molecule has 1 atom stereocenters. The number of carboxylic acid groups (broad SMARTS) is 1. The molecule has 2 aliphatic rings. The standard InChI is InChI=1S/C28H34N2O5/c1-27(2,3)23(24(31)30(4)28(25(32)33)15-9-10-16-28)29-26(34)35-17-22-20-13-7-5-11-18(20)19-12-6-8-14-21(19)22/h5-8,11-14,22-23H,9-10,15-17H2,1-4H3,(H,29,34)(H,32,33)/t23-/m1/s1. The van der Waals surface area contributed by atoms with Crippen molar-refractivity contribution < 1.29 is 24.2 Å². The van der Waals surface area contributed by atoms with Crippen molar-refractivity contribution >= 4 is 18.0 Å². The van der Waals surface area contributed by atoms with Crippen LogP contribution < -0.4 is 5.32 Å². The monoisotopic (exact) mass is 478 g/mol. The number of carboxylic acids is 1. The van der Waals surface area contributed by atoms with Gasteiger partial charge in [-0.15, -0.1) is 0 Å². The summed E-state index contributed by atoms with van der Waals surface area (Å²) in [5.41, 5.74) is 2.61. The predicted molar refractivity (Wildman–Crippen MR) is 133 cm³/mol. The molecule has 2 amide bonds. The van der Waals surface area contributed by atoms with Gasteiger partial charge in [0, 0.05) is 13.0 Å². The third-order valence-corrected chi connectivity index (χ3v) is 7.52. The molecule has 0 unspecified atom stereocenters. The molecule has 1 fully saturated rings. The molecular weight excluding hydrogens is 444 g/mol. The van der Waals surface area contributed by atoms with Gasteiger partial charge in [-0.1, -0.05) is 82.1 Å². The summed E-state index contributed by atoms with van der Waals surface area (Å²) in [5.74, 6) is -1.51. The van der Waals surface area contributed by atoms with E-state index in [1.165, 1.54) is 11.9 Å². The van der Waals surface area contributed by atoms with E-state index in [4.69, 9.17) is 4.74 Å². The Balaban J connectivity index is 1.49. The molecule has 2 aromatic rings. The molecule has 35 heavy (non-hydrogen) atoms. The zero-order valence-electron chi connectivity index (χ0n) is 20.8. The number of alkyl carbamates (subject to hydrolysis) is 1. The van der Waals surface area contributed by atoms with Crippen molar-refractivity contribution in [3.05, 3.63) is 59.7 Å². The summed E-state index contributed by atoms with van der Waals surface area (Å²) in [7, 11) is 1.53. The molecule has 7 heteroatoms. The second-order valence-electron chi connectivity index (χ2n) is 10.7. The number of likely N-dealkylation sites (N-methyl/N-ethyl adjacent to an activating group) is 1. The van der Waals surface area contributed by atoms with Gasteiger partial charge in [-0.2, -0.15) is 0 Å². The third-order valence-electron chi connectivity index (χ3n) is 7.52. The summed E-state index contributed by atoms with van der Waals surface area (Å²) in [6.45, 7) is 5.67. The first kappa shape index (κ1) is 24.8. The third kappa shape index (κ3) is 4.51. The van der Waals surface area contributed by atoms with Crippen LogP contribution in [-0.4, -0.2) is 53.2 Å². The van der Waals surface area contributed by atoms with E-state index >= 15 is 0 Å². The van der Waals surface area contributed by atoms with Gasteiger partial charge in [-0.05, 0) is 40.5 Å². The first-order valence-electron chi connectivity index (χ1n) is 12.2. The average Bonchev–Trinajstić information content (AvgIpc) is 3.44. The minimum atomic E-state index is -1.23. The van der Waals surface area contributed by atoms with Crippen LogP contribution in [0, 0.1) is 5.41 Å². The Morgan fingerprint density at radius 3 is 2.03 bits per heavy atom. The van der Waals surface area contributed by atoms with Crippen molar-refractivity contribution in [3.8, 4) is 11.1 Å². The molecule has 4 rings (SSSR count). The van der Waals surface area contributed by atoms with E-state index < -0.39 is 35.0 Å². The van der Waals surface area contributed by atoms with Gasteiger partial charge >= 0.3 is 12.1 Å². The molecule has 2 aliphatic carbocycles. The molecule has 0 radical (unpaired) electrons. The number of nitrogens with zero attached hydrogens (tertiary/aromatic N) is 1. The maximum atomic E-state index is 13.5. The molecule has 0 bridgehead atoms. The van der Waals surface area contributed by atoms with Gasteiger partial charge in [0.15, 0.2) is 0 Å². The van der Waals surface area contributed by atoms with Gasteiger partial charge < -0.3 is 20.1 Å². The fourth-order valence-corrected chi connectivity index (χ4v) is 5.46. The zero-order chi connectivity index (χ0) is 25.4. The molecule has 0 spiro atoms. The summed E-state index contributed by atoms with van der Waals surface area (Å²) in [4.78, 5) is 39.9. The second-order valence-corrected chi connectivity index (χ2v) is 10.7. The highest BCUT2D eigenvalue weighted by Gasteiger charge is 2.49. The summed E-state index contributed by atoms with van der Waals surface area (Å²) in [5, 5.41) is 12.7. The van der Waals surface area contributed by atoms with E-state index in [0.29, 0.717) is 12.8 Å². The van der Waals surface area contributed by atoms with Gasteiger partial charge in [0.05, 0.1) is 0 Å². The number of carbonyl (C=O) groups excluding carboxylic acids is 2. The Morgan fingerprint density at radius 2 is 1.54 bits per heavy atom. The Kier molecular flexibility index (Phi) is 6.62. The first-order chi connectivity index (χ1) is 16.6. The van der Waals surface area contributed by atoms with Crippen molar-refractivity contribution in [1.82, 2.24) is 10.2 Å². The van der Waals surface area contributed by atoms with Crippen LogP contribution in [0.2, 0.25) is 0 Å². The number of benzene rings is 2. The summed E-state index contributed by atoms with van der Waals surface area (Å²) < 4.78 is 5.66. The van der Waals surface area contributed by atoms with Crippen LogP contribution in [0.3, 0.4) is 0 Å². The minimum Gasteiger partial charge on any atom is -0.479 e. The lowest BCUT2D eigenvalue weighted by molar-refractivity contribution is -0.159. The van der Waals surface area contributed by atoms with Gasteiger partial charge in [0.25, 0.3) is 0 Å². The minimum absolute atomic E-state index is 0.0895. The van der Waals surface area contributed by atoms with E-state index in [1.807, 2.05) is 57.2 Å². The number of hydrogen-bond donors (Lipinski definition) is 2. The molecule has 0 heterocycles. The van der Waals surface area contributed by atoms with E-state index in [-0.39, 0.29) is 12.5 Å². The van der Waals surface area contributed by atoms with Gasteiger partial charge in [0.2, 0.25) is 5.91 Å². The maximum Gasteiger partial charge on any atom is 0.407 e. The molecule has 1 saturated carbocycles. The van der Waals surface area contributed by atoms with Crippen molar-refractivity contribution in [2.75, 3.05) is 13.7 Å².